The SMILES string of the molecule is CCS(=O)c1ccc(Cl)cc1N. The molecule has 0 aromatic heterocycles. The lowest BCUT2D eigenvalue weighted by Gasteiger charge is -2.03. The van der Waals surface area contributed by atoms with Crippen LogP contribution in [0.3, 0.4) is 0 Å². The van der Waals surface area contributed by atoms with Gasteiger partial charge in [-0.05, 0) is 18.2 Å². The van der Waals surface area contributed by atoms with Gasteiger partial charge in [-0.3, -0.25) is 4.21 Å². The summed E-state index contributed by atoms with van der Waals surface area (Å²) in [7, 11) is -0.994. The summed E-state index contributed by atoms with van der Waals surface area (Å²) >= 11 is 5.69. The van der Waals surface area contributed by atoms with E-state index in [1.807, 2.05) is 6.92 Å². The Morgan fingerprint density at radius 2 is 2.25 bits per heavy atom. The summed E-state index contributed by atoms with van der Waals surface area (Å²) in [6.45, 7) is 1.85. The molecule has 0 aliphatic heterocycles. The molecular formula is C8H10ClNOS. The van der Waals surface area contributed by atoms with Crippen molar-refractivity contribution in [3.63, 3.8) is 0 Å². The van der Waals surface area contributed by atoms with E-state index >= 15 is 0 Å². The molecule has 0 aliphatic rings. The average Bonchev–Trinajstić information content (AvgIpc) is 2.03. The molecule has 0 spiro atoms. The van der Waals surface area contributed by atoms with Crippen molar-refractivity contribution in [3.8, 4) is 0 Å². The minimum absolute atomic E-state index is 0.502. The predicted octanol–water partition coefficient (Wildman–Crippen LogP) is 2.05. The highest BCUT2D eigenvalue weighted by molar-refractivity contribution is 7.85. The number of nitrogens with two attached hydrogens (primary N) is 1. The standard InChI is InChI=1S/C8H10ClNOS/c1-2-12(11)8-4-3-6(9)5-7(8)10/h3-5H,2,10H2,1H3. The van der Waals surface area contributed by atoms with Crippen LogP contribution >= 0.6 is 11.6 Å². The van der Waals surface area contributed by atoms with E-state index in [4.69, 9.17) is 17.3 Å². The van der Waals surface area contributed by atoms with Gasteiger partial charge in [0.05, 0.1) is 15.7 Å². The highest BCUT2D eigenvalue weighted by Crippen LogP contribution is 2.20. The molecular weight excluding hydrogens is 194 g/mol. The Labute approximate surface area is 79.2 Å². The second-order valence-corrected chi connectivity index (χ2v) is 4.46. The molecule has 66 valence electrons. The molecule has 1 aromatic carbocycles. The fraction of sp³-hybridized carbons (Fsp3) is 0.250. The fourth-order valence-corrected chi connectivity index (χ4v) is 1.92. The molecule has 0 amide bonds. The summed E-state index contributed by atoms with van der Waals surface area (Å²) in [4.78, 5) is 0.668. The molecule has 2 nitrogen and oxygen atoms in total. The van der Waals surface area contributed by atoms with Gasteiger partial charge < -0.3 is 5.73 Å². The lowest BCUT2D eigenvalue weighted by molar-refractivity contribution is 0.684. The minimum Gasteiger partial charge on any atom is -0.398 e. The van der Waals surface area contributed by atoms with Gasteiger partial charge in [-0.1, -0.05) is 18.5 Å². The van der Waals surface area contributed by atoms with Gasteiger partial charge in [-0.15, -0.1) is 0 Å². The Bertz CT molecular complexity index is 314. The van der Waals surface area contributed by atoms with Crippen molar-refractivity contribution in [2.75, 3.05) is 11.5 Å². The Morgan fingerprint density at radius 1 is 1.58 bits per heavy atom. The third kappa shape index (κ3) is 1.99. The summed E-state index contributed by atoms with van der Waals surface area (Å²) in [6.07, 6.45) is 0. The molecule has 1 rings (SSSR count). The number of halogens is 1. The van der Waals surface area contributed by atoms with E-state index in [9.17, 15) is 4.21 Å². The largest absolute Gasteiger partial charge is 0.398 e. The van der Waals surface area contributed by atoms with Gasteiger partial charge >= 0.3 is 0 Å². The molecule has 1 aromatic rings. The molecule has 12 heavy (non-hydrogen) atoms. The van der Waals surface area contributed by atoms with Gasteiger partial charge in [-0.2, -0.15) is 0 Å². The zero-order valence-corrected chi connectivity index (χ0v) is 8.28. The summed E-state index contributed by atoms with van der Waals surface area (Å²) in [5, 5.41) is 0.573. The Balaban J connectivity index is 3.09. The molecule has 0 aliphatic carbocycles. The van der Waals surface area contributed by atoms with Gasteiger partial charge in [0, 0.05) is 16.5 Å². The molecule has 0 fully saturated rings. The first kappa shape index (κ1) is 9.55. The molecule has 1 atom stereocenters. The van der Waals surface area contributed by atoms with Crippen LogP contribution in [0.4, 0.5) is 5.69 Å². The lowest BCUT2D eigenvalue weighted by atomic mass is 10.3. The third-order valence-corrected chi connectivity index (χ3v) is 3.10. The van der Waals surface area contributed by atoms with Crippen molar-refractivity contribution in [1.82, 2.24) is 0 Å². The van der Waals surface area contributed by atoms with E-state index in [1.54, 1.807) is 18.2 Å². The van der Waals surface area contributed by atoms with Crippen LogP contribution in [0.15, 0.2) is 23.1 Å². The fourth-order valence-electron chi connectivity index (χ4n) is 0.882. The molecule has 0 bridgehead atoms. The molecule has 0 heterocycles. The third-order valence-electron chi connectivity index (χ3n) is 1.48. The summed E-state index contributed by atoms with van der Waals surface area (Å²) in [5.74, 6) is 0.575. The maximum absolute atomic E-state index is 11.3. The van der Waals surface area contributed by atoms with Crippen molar-refractivity contribution >= 4 is 28.1 Å². The Kier molecular flexibility index (Phi) is 3.12. The molecule has 2 N–H and O–H groups in total. The first-order valence-electron chi connectivity index (χ1n) is 3.58. The van der Waals surface area contributed by atoms with Gasteiger partial charge in [0.1, 0.15) is 0 Å². The summed E-state index contributed by atoms with van der Waals surface area (Å²) in [5.41, 5.74) is 6.12. The highest BCUT2D eigenvalue weighted by atomic mass is 35.5. The maximum Gasteiger partial charge on any atom is 0.0618 e. The Hall–Kier alpha value is -0.540. The van der Waals surface area contributed by atoms with Crippen LogP contribution in [0.1, 0.15) is 6.92 Å². The van der Waals surface area contributed by atoms with E-state index in [2.05, 4.69) is 0 Å². The van der Waals surface area contributed by atoms with Crippen LogP contribution in [0, 0.1) is 0 Å². The minimum atomic E-state index is -0.994. The van der Waals surface area contributed by atoms with E-state index in [0.717, 1.165) is 0 Å². The van der Waals surface area contributed by atoms with E-state index in [0.29, 0.717) is 21.4 Å². The average molecular weight is 204 g/mol. The lowest BCUT2D eigenvalue weighted by Crippen LogP contribution is -1.99. The van der Waals surface area contributed by atoms with E-state index in [1.165, 1.54) is 0 Å². The van der Waals surface area contributed by atoms with Gasteiger partial charge in [0.25, 0.3) is 0 Å². The van der Waals surface area contributed by atoms with Gasteiger partial charge in [0.2, 0.25) is 0 Å². The topological polar surface area (TPSA) is 43.1 Å². The van der Waals surface area contributed by atoms with Crippen LogP contribution in [0.2, 0.25) is 5.02 Å². The zero-order chi connectivity index (χ0) is 9.14. The van der Waals surface area contributed by atoms with Crippen molar-refractivity contribution in [2.45, 2.75) is 11.8 Å². The van der Waals surface area contributed by atoms with Crippen LogP contribution < -0.4 is 5.73 Å². The van der Waals surface area contributed by atoms with Gasteiger partial charge in [0.15, 0.2) is 0 Å². The quantitative estimate of drug-likeness (QED) is 0.748. The number of benzene rings is 1. The van der Waals surface area contributed by atoms with Crippen molar-refractivity contribution < 1.29 is 4.21 Å². The van der Waals surface area contributed by atoms with Crippen molar-refractivity contribution in [1.29, 1.82) is 0 Å². The van der Waals surface area contributed by atoms with Crippen molar-refractivity contribution in [2.24, 2.45) is 0 Å². The predicted molar refractivity (Wildman–Crippen MR) is 52.8 cm³/mol. The normalized spacial score (nSPS) is 12.8. The van der Waals surface area contributed by atoms with Crippen LogP contribution in [-0.2, 0) is 10.8 Å². The second kappa shape index (κ2) is 3.92. The van der Waals surface area contributed by atoms with Crippen LogP contribution in [0.5, 0.6) is 0 Å². The number of rotatable bonds is 2. The molecule has 0 saturated carbocycles. The number of hydrogen-bond donors (Lipinski definition) is 1. The molecule has 4 heteroatoms. The summed E-state index contributed by atoms with van der Waals surface area (Å²) < 4.78 is 11.3. The number of nitrogen functional groups attached to an aromatic ring is 1. The van der Waals surface area contributed by atoms with Crippen molar-refractivity contribution in [3.05, 3.63) is 23.2 Å². The smallest absolute Gasteiger partial charge is 0.0618 e. The zero-order valence-electron chi connectivity index (χ0n) is 6.71. The van der Waals surface area contributed by atoms with Gasteiger partial charge in [-0.25, -0.2) is 0 Å². The van der Waals surface area contributed by atoms with Crippen LogP contribution in [-0.4, -0.2) is 9.96 Å². The first-order valence-corrected chi connectivity index (χ1v) is 5.28. The Morgan fingerprint density at radius 3 is 2.75 bits per heavy atom. The van der Waals surface area contributed by atoms with Crippen LogP contribution in [0.25, 0.3) is 0 Å². The summed E-state index contributed by atoms with van der Waals surface area (Å²) in [6, 6.07) is 5.02. The molecule has 0 saturated heterocycles. The second-order valence-electron chi connectivity index (χ2n) is 2.32. The number of anilines is 1. The van der Waals surface area contributed by atoms with E-state index < -0.39 is 10.8 Å². The maximum atomic E-state index is 11.3. The molecule has 1 unspecified atom stereocenters. The first-order chi connectivity index (χ1) is 5.65. The monoisotopic (exact) mass is 203 g/mol. The van der Waals surface area contributed by atoms with E-state index in [-0.39, 0.29) is 0 Å². The molecule has 0 radical (unpaired) electrons. The number of hydrogen-bond acceptors (Lipinski definition) is 2. The highest BCUT2D eigenvalue weighted by Gasteiger charge is 2.05.